The van der Waals surface area contributed by atoms with Crippen LogP contribution in [0.4, 0.5) is 0 Å². The number of aryl methyl sites for hydroxylation is 1. The van der Waals surface area contributed by atoms with Crippen LogP contribution in [0.15, 0.2) is 30.7 Å². The first kappa shape index (κ1) is 19.1. The molecule has 1 saturated heterocycles. The molecule has 2 aromatic rings. The standard InChI is InChI=1S/C20H27N5O2/c1-3-8-25-16(2)18(15-22-25)20(27)24-10-5-9-23(11-12-24)19(26)13-17-6-4-7-21-14-17/h4,6-7,14-15H,3,5,8-13H2,1-2H3. The van der Waals surface area contributed by atoms with Crippen LogP contribution >= 0.6 is 0 Å². The van der Waals surface area contributed by atoms with Gasteiger partial charge in [-0.15, -0.1) is 0 Å². The second kappa shape index (κ2) is 8.79. The van der Waals surface area contributed by atoms with E-state index < -0.39 is 0 Å². The van der Waals surface area contributed by atoms with E-state index in [0.29, 0.717) is 38.2 Å². The van der Waals surface area contributed by atoms with Crippen LogP contribution in [0.1, 0.15) is 41.4 Å². The van der Waals surface area contributed by atoms with Crippen molar-refractivity contribution in [1.29, 1.82) is 0 Å². The summed E-state index contributed by atoms with van der Waals surface area (Å²) >= 11 is 0. The zero-order chi connectivity index (χ0) is 19.2. The van der Waals surface area contributed by atoms with Crippen LogP contribution < -0.4 is 0 Å². The third kappa shape index (κ3) is 4.53. The van der Waals surface area contributed by atoms with Crippen molar-refractivity contribution >= 4 is 11.8 Å². The van der Waals surface area contributed by atoms with E-state index in [2.05, 4.69) is 17.0 Å². The van der Waals surface area contributed by atoms with Crippen LogP contribution in [0.25, 0.3) is 0 Å². The molecular weight excluding hydrogens is 342 g/mol. The first-order chi connectivity index (χ1) is 13.1. The summed E-state index contributed by atoms with van der Waals surface area (Å²) in [6.45, 7) is 7.30. The fourth-order valence-electron chi connectivity index (χ4n) is 3.42. The van der Waals surface area contributed by atoms with Gasteiger partial charge in [0.15, 0.2) is 0 Å². The smallest absolute Gasteiger partial charge is 0.257 e. The van der Waals surface area contributed by atoms with Crippen molar-refractivity contribution in [3.8, 4) is 0 Å². The van der Waals surface area contributed by atoms with Gasteiger partial charge in [0.05, 0.1) is 18.2 Å². The maximum atomic E-state index is 12.9. The molecule has 2 amide bonds. The first-order valence-corrected chi connectivity index (χ1v) is 9.58. The van der Waals surface area contributed by atoms with Crippen molar-refractivity contribution < 1.29 is 9.59 Å². The molecule has 0 atom stereocenters. The van der Waals surface area contributed by atoms with Crippen molar-refractivity contribution in [2.75, 3.05) is 26.2 Å². The molecule has 1 fully saturated rings. The molecule has 3 rings (SSSR count). The Labute approximate surface area is 160 Å². The number of nitrogens with zero attached hydrogens (tertiary/aromatic N) is 5. The van der Waals surface area contributed by atoms with Crippen molar-refractivity contribution in [3.63, 3.8) is 0 Å². The van der Waals surface area contributed by atoms with E-state index >= 15 is 0 Å². The lowest BCUT2D eigenvalue weighted by molar-refractivity contribution is -0.130. The van der Waals surface area contributed by atoms with Crippen LogP contribution in [-0.4, -0.2) is 62.6 Å². The molecule has 0 aliphatic carbocycles. The molecule has 1 aliphatic rings. The van der Waals surface area contributed by atoms with Gasteiger partial charge in [-0.3, -0.25) is 19.3 Å². The van der Waals surface area contributed by atoms with Gasteiger partial charge in [0.25, 0.3) is 5.91 Å². The molecule has 27 heavy (non-hydrogen) atoms. The van der Waals surface area contributed by atoms with E-state index in [0.717, 1.165) is 30.6 Å². The number of aromatic nitrogens is 3. The molecular formula is C20H27N5O2. The molecule has 1 aliphatic heterocycles. The van der Waals surface area contributed by atoms with Gasteiger partial charge in [0.2, 0.25) is 5.91 Å². The summed E-state index contributed by atoms with van der Waals surface area (Å²) in [6.07, 6.45) is 7.21. The Morgan fingerprint density at radius 1 is 1.11 bits per heavy atom. The van der Waals surface area contributed by atoms with Crippen molar-refractivity contribution in [2.45, 2.75) is 39.7 Å². The summed E-state index contributed by atoms with van der Waals surface area (Å²) < 4.78 is 1.88. The van der Waals surface area contributed by atoms with E-state index in [1.807, 2.05) is 33.5 Å². The highest BCUT2D eigenvalue weighted by molar-refractivity contribution is 5.95. The number of carbonyl (C=O) groups is 2. The van der Waals surface area contributed by atoms with Gasteiger partial charge in [-0.05, 0) is 31.4 Å². The number of pyridine rings is 1. The summed E-state index contributed by atoms with van der Waals surface area (Å²) in [5.41, 5.74) is 2.49. The lowest BCUT2D eigenvalue weighted by Gasteiger charge is -2.22. The largest absolute Gasteiger partial charge is 0.341 e. The molecule has 7 heteroatoms. The van der Waals surface area contributed by atoms with E-state index in [9.17, 15) is 9.59 Å². The van der Waals surface area contributed by atoms with Crippen LogP contribution in [0.3, 0.4) is 0 Å². The highest BCUT2D eigenvalue weighted by Gasteiger charge is 2.25. The highest BCUT2D eigenvalue weighted by atomic mass is 16.2. The Bertz CT molecular complexity index is 787. The zero-order valence-corrected chi connectivity index (χ0v) is 16.1. The predicted molar refractivity (Wildman–Crippen MR) is 102 cm³/mol. The molecule has 0 unspecified atom stereocenters. The van der Waals surface area contributed by atoms with Crippen LogP contribution in [0, 0.1) is 6.92 Å². The Morgan fingerprint density at radius 3 is 2.63 bits per heavy atom. The average Bonchev–Trinajstić information content (AvgIpc) is 2.89. The van der Waals surface area contributed by atoms with E-state index in [-0.39, 0.29) is 11.8 Å². The molecule has 0 spiro atoms. The Balaban J connectivity index is 1.61. The number of hydrogen-bond donors (Lipinski definition) is 0. The minimum atomic E-state index is 0.0106. The molecule has 2 aromatic heterocycles. The molecule has 144 valence electrons. The topological polar surface area (TPSA) is 71.3 Å². The van der Waals surface area contributed by atoms with Gasteiger partial charge >= 0.3 is 0 Å². The van der Waals surface area contributed by atoms with Gasteiger partial charge in [-0.2, -0.15) is 5.10 Å². The normalized spacial score (nSPS) is 14.9. The van der Waals surface area contributed by atoms with Crippen molar-refractivity contribution in [1.82, 2.24) is 24.6 Å². The maximum absolute atomic E-state index is 12.9. The van der Waals surface area contributed by atoms with Gasteiger partial charge < -0.3 is 9.80 Å². The first-order valence-electron chi connectivity index (χ1n) is 9.58. The Hall–Kier alpha value is -2.70. The summed E-state index contributed by atoms with van der Waals surface area (Å²) in [6, 6.07) is 3.75. The zero-order valence-electron chi connectivity index (χ0n) is 16.1. The third-order valence-electron chi connectivity index (χ3n) is 4.98. The molecule has 0 aromatic carbocycles. The lowest BCUT2D eigenvalue weighted by atomic mass is 10.2. The number of hydrogen-bond acceptors (Lipinski definition) is 4. The lowest BCUT2D eigenvalue weighted by Crippen LogP contribution is -2.38. The second-order valence-electron chi connectivity index (χ2n) is 6.93. The monoisotopic (exact) mass is 369 g/mol. The number of amides is 2. The molecule has 0 N–H and O–H groups in total. The van der Waals surface area contributed by atoms with Crippen molar-refractivity contribution in [2.24, 2.45) is 0 Å². The number of rotatable bonds is 5. The summed E-state index contributed by atoms with van der Waals surface area (Å²) in [5.74, 6) is 0.0978. The summed E-state index contributed by atoms with van der Waals surface area (Å²) in [5, 5.41) is 4.33. The SMILES string of the molecule is CCCn1ncc(C(=O)N2CCCN(C(=O)Cc3cccnc3)CC2)c1C. The molecule has 0 radical (unpaired) electrons. The average molecular weight is 369 g/mol. The fraction of sp³-hybridized carbons (Fsp3) is 0.500. The van der Waals surface area contributed by atoms with E-state index in [4.69, 9.17) is 0 Å². The Morgan fingerprint density at radius 2 is 1.89 bits per heavy atom. The quantitative estimate of drug-likeness (QED) is 0.807. The number of carbonyl (C=O) groups excluding carboxylic acids is 2. The third-order valence-corrected chi connectivity index (χ3v) is 4.98. The molecule has 0 bridgehead atoms. The molecule has 0 saturated carbocycles. The highest BCUT2D eigenvalue weighted by Crippen LogP contribution is 2.14. The van der Waals surface area contributed by atoms with Gasteiger partial charge in [-0.1, -0.05) is 13.0 Å². The predicted octanol–water partition coefficient (Wildman–Crippen LogP) is 1.91. The van der Waals surface area contributed by atoms with Crippen molar-refractivity contribution in [3.05, 3.63) is 47.5 Å². The van der Waals surface area contributed by atoms with Crippen LogP contribution in [0.5, 0.6) is 0 Å². The Kier molecular flexibility index (Phi) is 6.21. The molecule has 3 heterocycles. The van der Waals surface area contributed by atoms with E-state index in [1.165, 1.54) is 0 Å². The van der Waals surface area contributed by atoms with Crippen LogP contribution in [-0.2, 0) is 17.8 Å². The second-order valence-corrected chi connectivity index (χ2v) is 6.93. The summed E-state index contributed by atoms with van der Waals surface area (Å²) in [7, 11) is 0. The van der Waals surface area contributed by atoms with Gasteiger partial charge in [-0.25, -0.2) is 0 Å². The fourth-order valence-corrected chi connectivity index (χ4v) is 3.42. The minimum Gasteiger partial charge on any atom is -0.341 e. The molecule has 7 nitrogen and oxygen atoms in total. The van der Waals surface area contributed by atoms with Gasteiger partial charge in [0.1, 0.15) is 0 Å². The summed E-state index contributed by atoms with van der Waals surface area (Å²) in [4.78, 5) is 33.3. The van der Waals surface area contributed by atoms with E-state index in [1.54, 1.807) is 18.6 Å². The van der Waals surface area contributed by atoms with Gasteiger partial charge in [0, 0.05) is 50.8 Å². The van der Waals surface area contributed by atoms with Crippen LogP contribution in [0.2, 0.25) is 0 Å². The maximum Gasteiger partial charge on any atom is 0.257 e. The minimum absolute atomic E-state index is 0.0106.